The average Bonchev–Trinajstić information content (AvgIpc) is 2.59. The van der Waals surface area contributed by atoms with Crippen LogP contribution >= 0.6 is 11.6 Å². The molecule has 2 aromatic rings. The topological polar surface area (TPSA) is 91.2 Å². The van der Waals surface area contributed by atoms with Gasteiger partial charge in [0.05, 0.1) is 6.10 Å². The number of rotatable bonds is 5. The SMILES string of the molecule is O=C(NCC(O)CN1CCc2cnccc2C1)c1cc(Cl)ncn1. The summed E-state index contributed by atoms with van der Waals surface area (Å²) in [6.45, 7) is 2.29. The molecule has 1 aliphatic heterocycles. The molecule has 2 N–H and O–H groups in total. The molecule has 0 saturated heterocycles. The van der Waals surface area contributed by atoms with Crippen LogP contribution in [-0.2, 0) is 13.0 Å². The van der Waals surface area contributed by atoms with Gasteiger partial charge in [-0.3, -0.25) is 14.7 Å². The van der Waals surface area contributed by atoms with Gasteiger partial charge in [-0.25, -0.2) is 9.97 Å². The maximum absolute atomic E-state index is 12.0. The number of fused-ring (bicyclic) bond motifs is 1. The number of aromatic nitrogens is 3. The van der Waals surface area contributed by atoms with Crippen LogP contribution in [0.25, 0.3) is 0 Å². The second-order valence-electron chi connectivity index (χ2n) is 5.72. The molecular weight excluding hydrogens is 330 g/mol. The minimum Gasteiger partial charge on any atom is -0.390 e. The number of hydrogen-bond donors (Lipinski definition) is 2. The van der Waals surface area contributed by atoms with Gasteiger partial charge in [0, 0.05) is 44.6 Å². The van der Waals surface area contributed by atoms with Crippen molar-refractivity contribution in [1.82, 2.24) is 25.2 Å². The number of carbonyl (C=O) groups excluding carboxylic acids is 1. The van der Waals surface area contributed by atoms with Gasteiger partial charge in [-0.1, -0.05) is 11.6 Å². The van der Waals surface area contributed by atoms with E-state index in [1.165, 1.54) is 23.5 Å². The fourth-order valence-corrected chi connectivity index (χ4v) is 2.86. The molecule has 1 amide bonds. The van der Waals surface area contributed by atoms with Crippen molar-refractivity contribution in [2.75, 3.05) is 19.6 Å². The summed E-state index contributed by atoms with van der Waals surface area (Å²) in [4.78, 5) is 25.8. The number of aliphatic hydroxyl groups is 1. The molecule has 0 aromatic carbocycles. The molecule has 126 valence electrons. The van der Waals surface area contributed by atoms with Crippen molar-refractivity contribution < 1.29 is 9.90 Å². The molecule has 3 rings (SSSR count). The first-order valence-electron chi connectivity index (χ1n) is 7.70. The lowest BCUT2D eigenvalue weighted by Crippen LogP contribution is -2.42. The Kier molecular flexibility index (Phi) is 5.34. The Hall–Kier alpha value is -2.09. The number of pyridine rings is 1. The van der Waals surface area contributed by atoms with E-state index >= 15 is 0 Å². The van der Waals surface area contributed by atoms with Crippen LogP contribution in [0.15, 0.2) is 30.9 Å². The first kappa shape index (κ1) is 16.8. The van der Waals surface area contributed by atoms with E-state index in [0.29, 0.717) is 6.54 Å². The highest BCUT2D eigenvalue weighted by Gasteiger charge is 2.19. The maximum Gasteiger partial charge on any atom is 0.270 e. The zero-order chi connectivity index (χ0) is 16.9. The summed E-state index contributed by atoms with van der Waals surface area (Å²) >= 11 is 5.73. The standard InChI is InChI=1S/C16H18ClN5O2/c17-15-5-14(20-10-21-15)16(24)19-7-13(23)9-22-4-2-11-6-18-3-1-12(11)8-22/h1,3,5-6,10,13,23H,2,4,7-9H2,(H,19,24). The van der Waals surface area contributed by atoms with Crippen molar-refractivity contribution in [3.8, 4) is 0 Å². The Labute approximate surface area is 144 Å². The van der Waals surface area contributed by atoms with Crippen LogP contribution in [0.4, 0.5) is 0 Å². The summed E-state index contributed by atoms with van der Waals surface area (Å²) in [5, 5.41) is 13.0. The van der Waals surface area contributed by atoms with E-state index in [9.17, 15) is 9.90 Å². The van der Waals surface area contributed by atoms with Gasteiger partial charge < -0.3 is 10.4 Å². The average molecular weight is 348 g/mol. The summed E-state index contributed by atoms with van der Waals surface area (Å²) < 4.78 is 0. The number of amides is 1. The number of aliphatic hydroxyl groups excluding tert-OH is 1. The lowest BCUT2D eigenvalue weighted by molar-refractivity contribution is 0.0838. The number of carbonyl (C=O) groups is 1. The lowest BCUT2D eigenvalue weighted by atomic mass is 10.0. The number of halogens is 1. The monoisotopic (exact) mass is 347 g/mol. The van der Waals surface area contributed by atoms with E-state index in [-0.39, 0.29) is 23.3 Å². The Morgan fingerprint density at radius 3 is 3.12 bits per heavy atom. The van der Waals surface area contributed by atoms with Gasteiger partial charge in [0.1, 0.15) is 17.2 Å². The smallest absolute Gasteiger partial charge is 0.270 e. The Balaban J connectivity index is 1.48. The Morgan fingerprint density at radius 2 is 2.29 bits per heavy atom. The molecule has 0 saturated carbocycles. The molecule has 3 heterocycles. The van der Waals surface area contributed by atoms with Crippen LogP contribution in [-0.4, -0.2) is 56.6 Å². The Bertz CT molecular complexity index is 727. The van der Waals surface area contributed by atoms with E-state index in [4.69, 9.17) is 11.6 Å². The number of hydrogen-bond acceptors (Lipinski definition) is 6. The van der Waals surface area contributed by atoms with Gasteiger partial charge >= 0.3 is 0 Å². The molecule has 2 aromatic heterocycles. The first-order valence-corrected chi connectivity index (χ1v) is 8.07. The van der Waals surface area contributed by atoms with E-state index < -0.39 is 6.10 Å². The quantitative estimate of drug-likeness (QED) is 0.773. The van der Waals surface area contributed by atoms with Crippen LogP contribution in [0.3, 0.4) is 0 Å². The van der Waals surface area contributed by atoms with E-state index in [2.05, 4.69) is 25.2 Å². The second kappa shape index (κ2) is 7.65. The predicted molar refractivity (Wildman–Crippen MR) is 88.6 cm³/mol. The van der Waals surface area contributed by atoms with Crippen LogP contribution in [0.5, 0.6) is 0 Å². The molecule has 8 heteroatoms. The molecule has 0 bridgehead atoms. The van der Waals surface area contributed by atoms with Crippen LogP contribution in [0.2, 0.25) is 5.15 Å². The van der Waals surface area contributed by atoms with Crippen LogP contribution < -0.4 is 5.32 Å². The minimum atomic E-state index is -0.658. The highest BCUT2D eigenvalue weighted by atomic mass is 35.5. The fraction of sp³-hybridized carbons (Fsp3) is 0.375. The van der Waals surface area contributed by atoms with Crippen molar-refractivity contribution in [2.24, 2.45) is 0 Å². The zero-order valence-corrected chi connectivity index (χ0v) is 13.8. The molecule has 0 radical (unpaired) electrons. The number of β-amino-alcohol motifs (C(OH)–C–C–N with tert-alkyl or cyclic N) is 1. The van der Waals surface area contributed by atoms with E-state index in [1.807, 2.05) is 12.3 Å². The summed E-state index contributed by atoms with van der Waals surface area (Å²) in [6.07, 6.45) is 5.17. The van der Waals surface area contributed by atoms with E-state index in [1.54, 1.807) is 6.20 Å². The summed E-state index contributed by atoms with van der Waals surface area (Å²) in [5.74, 6) is -0.381. The van der Waals surface area contributed by atoms with Gasteiger partial charge in [-0.05, 0) is 23.6 Å². The first-order chi connectivity index (χ1) is 11.6. The zero-order valence-electron chi connectivity index (χ0n) is 13.0. The van der Waals surface area contributed by atoms with Gasteiger partial charge in [0.25, 0.3) is 5.91 Å². The van der Waals surface area contributed by atoms with Crippen LogP contribution in [0.1, 0.15) is 21.6 Å². The van der Waals surface area contributed by atoms with Crippen molar-refractivity contribution >= 4 is 17.5 Å². The third kappa shape index (κ3) is 4.25. The fourth-order valence-electron chi connectivity index (χ4n) is 2.71. The highest BCUT2D eigenvalue weighted by Crippen LogP contribution is 2.17. The molecule has 0 fully saturated rings. The molecule has 1 aliphatic rings. The number of nitrogens with one attached hydrogen (secondary N) is 1. The molecule has 24 heavy (non-hydrogen) atoms. The van der Waals surface area contributed by atoms with Gasteiger partial charge in [0.2, 0.25) is 0 Å². The molecule has 1 unspecified atom stereocenters. The number of nitrogens with zero attached hydrogens (tertiary/aromatic N) is 4. The van der Waals surface area contributed by atoms with Crippen molar-refractivity contribution in [1.29, 1.82) is 0 Å². The third-order valence-electron chi connectivity index (χ3n) is 3.93. The highest BCUT2D eigenvalue weighted by molar-refractivity contribution is 6.29. The third-order valence-corrected chi connectivity index (χ3v) is 4.14. The normalized spacial score (nSPS) is 15.6. The van der Waals surface area contributed by atoms with Crippen molar-refractivity contribution in [3.05, 3.63) is 52.8 Å². The van der Waals surface area contributed by atoms with E-state index in [0.717, 1.165) is 19.5 Å². The maximum atomic E-state index is 12.0. The van der Waals surface area contributed by atoms with Gasteiger partial charge in [0.15, 0.2) is 0 Å². The van der Waals surface area contributed by atoms with Gasteiger partial charge in [-0.15, -0.1) is 0 Å². The van der Waals surface area contributed by atoms with Gasteiger partial charge in [-0.2, -0.15) is 0 Å². The largest absolute Gasteiger partial charge is 0.390 e. The molecular formula is C16H18ClN5O2. The van der Waals surface area contributed by atoms with Crippen LogP contribution in [0, 0.1) is 0 Å². The Morgan fingerprint density at radius 1 is 1.42 bits per heavy atom. The van der Waals surface area contributed by atoms with Crippen molar-refractivity contribution in [3.63, 3.8) is 0 Å². The second-order valence-corrected chi connectivity index (χ2v) is 6.11. The summed E-state index contributed by atoms with van der Waals surface area (Å²) in [6, 6.07) is 3.40. The van der Waals surface area contributed by atoms with Crippen molar-refractivity contribution in [2.45, 2.75) is 19.1 Å². The molecule has 0 aliphatic carbocycles. The molecule has 1 atom stereocenters. The molecule has 0 spiro atoms. The lowest BCUT2D eigenvalue weighted by Gasteiger charge is -2.30. The summed E-state index contributed by atoms with van der Waals surface area (Å²) in [5.41, 5.74) is 2.68. The summed E-state index contributed by atoms with van der Waals surface area (Å²) in [7, 11) is 0. The predicted octanol–water partition coefficient (Wildman–Crippen LogP) is 0.674. The molecule has 7 nitrogen and oxygen atoms in total. The minimum absolute atomic E-state index is 0.153.